The second kappa shape index (κ2) is 6.53. The quantitative estimate of drug-likeness (QED) is 0.911. The number of hydrogen-bond donors (Lipinski definition) is 1. The minimum atomic E-state index is -0.503. The normalized spacial score (nSPS) is 16.0. The van der Waals surface area contributed by atoms with Gasteiger partial charge in [0.15, 0.2) is 0 Å². The Hall–Kier alpha value is -1.81. The lowest BCUT2D eigenvalue weighted by Gasteiger charge is -2.32. The van der Waals surface area contributed by atoms with Crippen LogP contribution < -0.4 is 0 Å². The van der Waals surface area contributed by atoms with Crippen LogP contribution in [-0.4, -0.2) is 41.4 Å². The van der Waals surface area contributed by atoms with Crippen molar-refractivity contribution >= 4 is 11.7 Å². The Labute approximate surface area is 132 Å². The number of aliphatic hydroxyl groups is 1. The molecule has 0 fully saturated rings. The Balaban J connectivity index is 2.17. The maximum atomic E-state index is 12.2. The number of hydrogen-bond acceptors (Lipinski definition) is 3. The van der Waals surface area contributed by atoms with Gasteiger partial charge in [-0.2, -0.15) is 0 Å². The van der Waals surface area contributed by atoms with Gasteiger partial charge in [-0.05, 0) is 50.8 Å². The fourth-order valence-electron chi connectivity index (χ4n) is 2.56. The molecule has 1 aromatic rings. The van der Waals surface area contributed by atoms with E-state index in [1.807, 2.05) is 20.8 Å². The topological polar surface area (TPSA) is 49.8 Å². The molecule has 1 heterocycles. The van der Waals surface area contributed by atoms with E-state index in [0.29, 0.717) is 13.1 Å². The number of carbonyl (C=O) groups excluding carboxylic acids is 1. The molecule has 0 radical (unpaired) electrons. The van der Waals surface area contributed by atoms with Gasteiger partial charge >= 0.3 is 6.09 Å². The highest BCUT2D eigenvalue weighted by Gasteiger charge is 2.27. The van der Waals surface area contributed by atoms with Crippen molar-refractivity contribution in [2.24, 2.45) is 0 Å². The lowest BCUT2D eigenvalue weighted by Crippen LogP contribution is -2.41. The van der Waals surface area contributed by atoms with Crippen LogP contribution in [0.15, 0.2) is 29.8 Å². The molecule has 2 rings (SSSR count). The van der Waals surface area contributed by atoms with Crippen LogP contribution in [0.1, 0.15) is 38.3 Å². The fourth-order valence-corrected chi connectivity index (χ4v) is 2.56. The molecule has 0 unspecified atom stereocenters. The van der Waals surface area contributed by atoms with Crippen LogP contribution in [0.4, 0.5) is 4.79 Å². The van der Waals surface area contributed by atoms with Crippen LogP contribution in [0.2, 0.25) is 0 Å². The zero-order valence-electron chi connectivity index (χ0n) is 13.8. The molecule has 0 aromatic heterocycles. The average Bonchev–Trinajstić information content (AvgIpc) is 2.45. The van der Waals surface area contributed by atoms with Crippen molar-refractivity contribution in [2.75, 3.05) is 19.7 Å². The largest absolute Gasteiger partial charge is 0.444 e. The van der Waals surface area contributed by atoms with Crippen molar-refractivity contribution in [2.45, 2.75) is 39.7 Å². The highest BCUT2D eigenvalue weighted by molar-refractivity contribution is 5.75. The van der Waals surface area contributed by atoms with E-state index in [0.717, 1.165) is 23.1 Å². The van der Waals surface area contributed by atoms with Crippen LogP contribution in [0, 0.1) is 6.92 Å². The van der Waals surface area contributed by atoms with Gasteiger partial charge in [0, 0.05) is 13.1 Å². The third-order valence-electron chi connectivity index (χ3n) is 3.68. The molecular formula is C18H25NO3. The van der Waals surface area contributed by atoms with Crippen molar-refractivity contribution in [1.29, 1.82) is 0 Å². The second-order valence-electron chi connectivity index (χ2n) is 6.76. The summed E-state index contributed by atoms with van der Waals surface area (Å²) in [5, 5.41) is 9.67. The zero-order valence-corrected chi connectivity index (χ0v) is 13.8. The first-order chi connectivity index (χ1) is 10.3. The standard InChI is InChI=1S/C18H25NO3/c1-13-5-7-14(8-6-13)16-9-10-19(11-15(16)12-20)17(21)22-18(2,3)4/h5-8,20H,9-12H2,1-4H3. The summed E-state index contributed by atoms with van der Waals surface area (Å²) in [5.74, 6) is 0. The van der Waals surface area contributed by atoms with E-state index in [1.165, 1.54) is 5.56 Å². The zero-order chi connectivity index (χ0) is 16.3. The fraction of sp³-hybridized carbons (Fsp3) is 0.500. The van der Waals surface area contributed by atoms with Crippen LogP contribution in [0.25, 0.3) is 5.57 Å². The summed E-state index contributed by atoms with van der Waals surface area (Å²) in [4.78, 5) is 13.8. The Morgan fingerprint density at radius 1 is 1.27 bits per heavy atom. The van der Waals surface area contributed by atoms with Crippen molar-refractivity contribution in [3.63, 3.8) is 0 Å². The molecule has 0 saturated carbocycles. The summed E-state index contributed by atoms with van der Waals surface area (Å²) < 4.78 is 5.41. The Morgan fingerprint density at radius 2 is 1.91 bits per heavy atom. The van der Waals surface area contributed by atoms with Crippen LogP contribution in [0.3, 0.4) is 0 Å². The van der Waals surface area contributed by atoms with E-state index in [1.54, 1.807) is 4.90 Å². The number of benzene rings is 1. The summed E-state index contributed by atoms with van der Waals surface area (Å²) in [5.41, 5.74) is 3.86. The number of aryl methyl sites for hydroxylation is 1. The van der Waals surface area contributed by atoms with Crippen molar-refractivity contribution < 1.29 is 14.6 Å². The van der Waals surface area contributed by atoms with Gasteiger partial charge in [-0.15, -0.1) is 0 Å². The number of aliphatic hydroxyl groups excluding tert-OH is 1. The lowest BCUT2D eigenvalue weighted by atomic mass is 9.93. The first-order valence-corrected chi connectivity index (χ1v) is 7.67. The lowest BCUT2D eigenvalue weighted by molar-refractivity contribution is 0.0260. The molecule has 0 saturated heterocycles. The van der Waals surface area contributed by atoms with E-state index in [-0.39, 0.29) is 12.7 Å². The minimum absolute atomic E-state index is 0.0392. The van der Waals surface area contributed by atoms with Gasteiger partial charge in [0.25, 0.3) is 0 Å². The average molecular weight is 303 g/mol. The number of rotatable bonds is 2. The molecule has 4 nitrogen and oxygen atoms in total. The second-order valence-corrected chi connectivity index (χ2v) is 6.76. The Morgan fingerprint density at radius 3 is 2.45 bits per heavy atom. The van der Waals surface area contributed by atoms with E-state index >= 15 is 0 Å². The van der Waals surface area contributed by atoms with Gasteiger partial charge < -0.3 is 14.7 Å². The predicted molar refractivity (Wildman–Crippen MR) is 87.6 cm³/mol. The van der Waals surface area contributed by atoms with E-state index in [4.69, 9.17) is 4.74 Å². The molecule has 0 aliphatic carbocycles. The SMILES string of the molecule is Cc1ccc(C2=C(CO)CN(C(=O)OC(C)(C)C)CC2)cc1. The molecule has 1 amide bonds. The monoisotopic (exact) mass is 303 g/mol. The molecule has 0 spiro atoms. The molecule has 1 N–H and O–H groups in total. The third-order valence-corrected chi connectivity index (χ3v) is 3.68. The number of carbonyl (C=O) groups is 1. The van der Waals surface area contributed by atoms with Crippen LogP contribution >= 0.6 is 0 Å². The summed E-state index contributed by atoms with van der Waals surface area (Å²) in [7, 11) is 0. The smallest absolute Gasteiger partial charge is 0.410 e. The minimum Gasteiger partial charge on any atom is -0.444 e. The summed E-state index contributed by atoms with van der Waals surface area (Å²) in [6, 6.07) is 8.28. The van der Waals surface area contributed by atoms with Gasteiger partial charge in [-0.1, -0.05) is 29.8 Å². The molecule has 22 heavy (non-hydrogen) atoms. The molecule has 1 aliphatic heterocycles. The maximum absolute atomic E-state index is 12.2. The van der Waals surface area contributed by atoms with Gasteiger partial charge in [0.05, 0.1) is 6.61 Å². The Bertz CT molecular complexity index is 567. The number of nitrogens with zero attached hydrogens (tertiary/aromatic N) is 1. The summed E-state index contributed by atoms with van der Waals surface area (Å²) >= 11 is 0. The summed E-state index contributed by atoms with van der Waals surface area (Å²) in [6.07, 6.45) is 0.416. The van der Waals surface area contributed by atoms with E-state index in [9.17, 15) is 9.90 Å². The van der Waals surface area contributed by atoms with Crippen LogP contribution in [-0.2, 0) is 4.74 Å². The number of amides is 1. The molecular weight excluding hydrogens is 278 g/mol. The van der Waals surface area contributed by atoms with Gasteiger partial charge in [-0.25, -0.2) is 4.79 Å². The molecule has 0 atom stereocenters. The highest BCUT2D eigenvalue weighted by atomic mass is 16.6. The first kappa shape index (κ1) is 16.6. The summed E-state index contributed by atoms with van der Waals surface area (Å²) in [6.45, 7) is 8.62. The molecule has 4 heteroatoms. The predicted octanol–water partition coefficient (Wildman–Crippen LogP) is 3.38. The number of ether oxygens (including phenoxy) is 1. The Kier molecular flexibility index (Phi) is 4.91. The van der Waals surface area contributed by atoms with Crippen molar-refractivity contribution in [1.82, 2.24) is 4.90 Å². The molecule has 1 aromatic carbocycles. The van der Waals surface area contributed by atoms with Gasteiger partial charge in [0.1, 0.15) is 5.60 Å². The van der Waals surface area contributed by atoms with Gasteiger partial charge in [-0.3, -0.25) is 0 Å². The molecule has 1 aliphatic rings. The van der Waals surface area contributed by atoms with Crippen LogP contribution in [0.5, 0.6) is 0 Å². The first-order valence-electron chi connectivity index (χ1n) is 7.67. The van der Waals surface area contributed by atoms with Crippen molar-refractivity contribution in [3.05, 3.63) is 41.0 Å². The van der Waals surface area contributed by atoms with E-state index < -0.39 is 5.60 Å². The molecule has 0 bridgehead atoms. The maximum Gasteiger partial charge on any atom is 0.410 e. The van der Waals surface area contributed by atoms with Gasteiger partial charge in [0.2, 0.25) is 0 Å². The molecule has 120 valence electrons. The van der Waals surface area contributed by atoms with Crippen molar-refractivity contribution in [3.8, 4) is 0 Å². The third kappa shape index (κ3) is 4.10. The highest BCUT2D eigenvalue weighted by Crippen LogP contribution is 2.28. The van der Waals surface area contributed by atoms with E-state index in [2.05, 4.69) is 31.2 Å².